The van der Waals surface area contributed by atoms with E-state index in [1.165, 1.54) is 0 Å². The summed E-state index contributed by atoms with van der Waals surface area (Å²) in [5.41, 5.74) is 3.61. The van der Waals surface area contributed by atoms with E-state index in [1.54, 1.807) is 4.57 Å². The van der Waals surface area contributed by atoms with E-state index in [0.29, 0.717) is 29.1 Å². The van der Waals surface area contributed by atoms with Crippen LogP contribution in [0.1, 0.15) is 62.8 Å². The van der Waals surface area contributed by atoms with E-state index < -0.39 is 17.1 Å². The van der Waals surface area contributed by atoms with Crippen LogP contribution < -0.4 is 10.3 Å². The fraction of sp³-hybridized carbons (Fsp3) is 0.290. The van der Waals surface area contributed by atoms with Crippen LogP contribution in [0.25, 0.3) is 0 Å². The fourth-order valence-electron chi connectivity index (χ4n) is 6.92. The topological polar surface area (TPSA) is 64.3 Å². The average Bonchev–Trinajstić information content (AvgIpc) is 3.49. The van der Waals surface area contributed by atoms with Crippen molar-refractivity contribution in [1.82, 2.24) is 9.55 Å². The lowest BCUT2D eigenvalue weighted by Gasteiger charge is -2.40. The van der Waals surface area contributed by atoms with E-state index in [9.17, 15) is 9.90 Å². The molecule has 5 heteroatoms. The summed E-state index contributed by atoms with van der Waals surface area (Å²) in [4.78, 5) is 19.2. The molecule has 1 aliphatic carbocycles. The molecule has 0 amide bonds. The van der Waals surface area contributed by atoms with Gasteiger partial charge in [0.1, 0.15) is 11.6 Å². The standard InChI is InChI=1S/C31H28N2O3/c1-18-11-13-22(14-12-18)31-27(21-8-5-4-6-9-21)25-28(32-24-10-7-15-33(24)29(25)34)30(31,35)26-20(3)16-19(2)17-23(26)36-31/h4-6,8-9,11-14,16-17,27,35H,7,10,15H2,1-3H3/t27-,30+,31+/m1/s1. The van der Waals surface area contributed by atoms with Gasteiger partial charge in [0.2, 0.25) is 0 Å². The van der Waals surface area contributed by atoms with Crippen LogP contribution in [0.2, 0.25) is 0 Å². The monoisotopic (exact) mass is 476 g/mol. The van der Waals surface area contributed by atoms with Gasteiger partial charge in [-0.25, -0.2) is 4.98 Å². The number of aliphatic hydroxyl groups is 1. The molecule has 3 aromatic carbocycles. The Bertz CT molecular complexity index is 1610. The number of aryl methyl sites for hydroxylation is 4. The van der Waals surface area contributed by atoms with Gasteiger partial charge in [-0.15, -0.1) is 0 Å². The van der Waals surface area contributed by atoms with Crippen LogP contribution in [0.4, 0.5) is 0 Å². The molecule has 180 valence electrons. The quantitative estimate of drug-likeness (QED) is 0.452. The van der Waals surface area contributed by atoms with Gasteiger partial charge in [-0.05, 0) is 49.9 Å². The average molecular weight is 477 g/mol. The maximum atomic E-state index is 14.1. The number of nitrogens with zero attached hydrogens (tertiary/aromatic N) is 2. The Kier molecular flexibility index (Phi) is 4.30. The second-order valence-electron chi connectivity index (χ2n) is 10.6. The number of hydrogen-bond acceptors (Lipinski definition) is 4. The van der Waals surface area contributed by atoms with Gasteiger partial charge in [-0.3, -0.25) is 9.36 Å². The van der Waals surface area contributed by atoms with E-state index >= 15 is 0 Å². The van der Waals surface area contributed by atoms with Crippen LogP contribution in [-0.2, 0) is 24.2 Å². The predicted octanol–water partition coefficient (Wildman–Crippen LogP) is 4.78. The summed E-state index contributed by atoms with van der Waals surface area (Å²) in [5, 5.41) is 13.1. The van der Waals surface area contributed by atoms with Crippen molar-refractivity contribution in [3.8, 4) is 5.75 Å². The van der Waals surface area contributed by atoms with Crippen LogP contribution in [-0.4, -0.2) is 14.7 Å². The summed E-state index contributed by atoms with van der Waals surface area (Å²) < 4.78 is 8.80. The molecule has 0 saturated heterocycles. The van der Waals surface area contributed by atoms with Gasteiger partial charge in [0.05, 0.1) is 17.2 Å². The smallest absolute Gasteiger partial charge is 0.257 e. The third-order valence-electron chi connectivity index (χ3n) is 8.33. The Morgan fingerprint density at radius 3 is 2.50 bits per heavy atom. The second kappa shape index (κ2) is 7.17. The molecule has 3 atom stereocenters. The zero-order chi connectivity index (χ0) is 24.8. The molecule has 0 fully saturated rings. The zero-order valence-electron chi connectivity index (χ0n) is 20.7. The predicted molar refractivity (Wildman–Crippen MR) is 138 cm³/mol. The van der Waals surface area contributed by atoms with E-state index in [1.807, 2.05) is 81.4 Å². The minimum absolute atomic E-state index is 0.0643. The van der Waals surface area contributed by atoms with Gasteiger partial charge in [-0.2, -0.15) is 0 Å². The number of rotatable bonds is 2. The number of hydrogen-bond donors (Lipinski definition) is 1. The first kappa shape index (κ1) is 21.6. The van der Waals surface area contributed by atoms with Crippen molar-refractivity contribution in [1.29, 1.82) is 0 Å². The highest BCUT2D eigenvalue weighted by Crippen LogP contribution is 2.68. The molecule has 0 bridgehead atoms. The Morgan fingerprint density at radius 2 is 1.75 bits per heavy atom. The van der Waals surface area contributed by atoms with Crippen molar-refractivity contribution in [3.05, 3.63) is 128 Å². The second-order valence-corrected chi connectivity index (χ2v) is 10.6. The molecule has 5 nitrogen and oxygen atoms in total. The van der Waals surface area contributed by atoms with Crippen molar-refractivity contribution in [3.63, 3.8) is 0 Å². The third kappa shape index (κ3) is 2.49. The maximum Gasteiger partial charge on any atom is 0.257 e. The van der Waals surface area contributed by atoms with Crippen molar-refractivity contribution in [2.75, 3.05) is 0 Å². The molecular formula is C31H28N2O3. The van der Waals surface area contributed by atoms with Crippen molar-refractivity contribution in [2.24, 2.45) is 0 Å². The van der Waals surface area contributed by atoms with Crippen molar-refractivity contribution in [2.45, 2.75) is 57.3 Å². The third-order valence-corrected chi connectivity index (χ3v) is 8.33. The first-order valence-corrected chi connectivity index (χ1v) is 12.7. The van der Waals surface area contributed by atoms with Crippen LogP contribution in [0.3, 0.4) is 0 Å². The van der Waals surface area contributed by atoms with Gasteiger partial charge in [0.25, 0.3) is 5.56 Å². The molecule has 0 saturated carbocycles. The molecule has 7 rings (SSSR count). The Balaban J connectivity index is 1.67. The Labute approximate surface area is 210 Å². The van der Waals surface area contributed by atoms with E-state index in [0.717, 1.165) is 46.5 Å². The summed E-state index contributed by atoms with van der Waals surface area (Å²) in [6, 6.07) is 22.2. The van der Waals surface area contributed by atoms with E-state index in [-0.39, 0.29) is 5.56 Å². The fourth-order valence-corrected chi connectivity index (χ4v) is 6.92. The number of benzene rings is 3. The largest absolute Gasteiger partial charge is 0.477 e. The van der Waals surface area contributed by atoms with Gasteiger partial charge >= 0.3 is 0 Å². The normalized spacial score (nSPS) is 25.2. The lowest BCUT2D eigenvalue weighted by Crippen LogP contribution is -2.49. The summed E-state index contributed by atoms with van der Waals surface area (Å²) >= 11 is 0. The summed E-state index contributed by atoms with van der Waals surface area (Å²) in [7, 11) is 0. The molecule has 2 aliphatic heterocycles. The van der Waals surface area contributed by atoms with Crippen molar-refractivity contribution < 1.29 is 9.84 Å². The number of fused-ring (bicyclic) bond motifs is 6. The Morgan fingerprint density at radius 1 is 1.00 bits per heavy atom. The molecular weight excluding hydrogens is 448 g/mol. The van der Waals surface area contributed by atoms with Gasteiger partial charge in [0.15, 0.2) is 11.2 Å². The lowest BCUT2D eigenvalue weighted by molar-refractivity contribution is -0.0906. The summed E-state index contributed by atoms with van der Waals surface area (Å²) in [6.07, 6.45) is 1.61. The highest BCUT2D eigenvalue weighted by atomic mass is 16.5. The maximum absolute atomic E-state index is 14.1. The minimum Gasteiger partial charge on any atom is -0.477 e. The molecule has 0 spiro atoms. The molecule has 36 heavy (non-hydrogen) atoms. The number of aromatic nitrogens is 2. The highest BCUT2D eigenvalue weighted by Gasteiger charge is 2.73. The van der Waals surface area contributed by atoms with Crippen molar-refractivity contribution >= 4 is 0 Å². The molecule has 1 aromatic heterocycles. The molecule has 1 N–H and O–H groups in total. The van der Waals surface area contributed by atoms with Crippen LogP contribution >= 0.6 is 0 Å². The van der Waals surface area contributed by atoms with E-state index in [4.69, 9.17) is 9.72 Å². The van der Waals surface area contributed by atoms with Crippen LogP contribution in [0.5, 0.6) is 5.75 Å². The molecule has 4 aromatic rings. The van der Waals surface area contributed by atoms with Crippen LogP contribution in [0, 0.1) is 20.8 Å². The molecule has 3 heterocycles. The highest BCUT2D eigenvalue weighted by molar-refractivity contribution is 5.66. The molecule has 3 aliphatic rings. The van der Waals surface area contributed by atoms with Crippen LogP contribution in [0.15, 0.2) is 71.5 Å². The first-order chi connectivity index (χ1) is 17.4. The Hall–Kier alpha value is -3.70. The lowest BCUT2D eigenvalue weighted by atomic mass is 9.69. The molecule has 0 unspecified atom stereocenters. The minimum atomic E-state index is -1.62. The zero-order valence-corrected chi connectivity index (χ0v) is 20.7. The molecule has 0 radical (unpaired) electrons. The first-order valence-electron chi connectivity index (χ1n) is 12.7. The van der Waals surface area contributed by atoms with Gasteiger partial charge in [0, 0.05) is 24.1 Å². The van der Waals surface area contributed by atoms with E-state index in [2.05, 4.69) is 6.07 Å². The van der Waals surface area contributed by atoms with Gasteiger partial charge in [-0.1, -0.05) is 66.2 Å². The SMILES string of the molecule is Cc1ccc([C@@]23Oc4cc(C)cc(C)c4[C@]2(O)c2nc4n(c(=O)c2[C@H]3c2ccccc2)CCC4)cc1. The summed E-state index contributed by atoms with van der Waals surface area (Å²) in [5.74, 6) is 0.869. The summed E-state index contributed by atoms with van der Waals surface area (Å²) in [6.45, 7) is 6.74. The number of ether oxygens (including phenoxy) is 1. The van der Waals surface area contributed by atoms with Gasteiger partial charge < -0.3 is 9.84 Å².